The van der Waals surface area contributed by atoms with Gasteiger partial charge in [0.1, 0.15) is 5.82 Å². The summed E-state index contributed by atoms with van der Waals surface area (Å²) >= 11 is 0. The lowest BCUT2D eigenvalue weighted by Crippen LogP contribution is -2.49. The molecule has 2 aromatic rings. The molecule has 2 saturated heterocycles. The SMILES string of the molecule is CCC1(c2ccc(C(=O)N3CCN(c4nc(C)c(C)cc4C)CC3)cc2)CC(=O)NC1=O. The summed E-state index contributed by atoms with van der Waals surface area (Å²) < 4.78 is 0. The number of nitrogens with one attached hydrogen (secondary N) is 1. The zero-order chi connectivity index (χ0) is 23.0. The molecule has 4 rings (SSSR count). The van der Waals surface area contributed by atoms with Gasteiger partial charge in [0.15, 0.2) is 0 Å². The summed E-state index contributed by atoms with van der Waals surface area (Å²) in [5, 5.41) is 2.41. The predicted octanol–water partition coefficient (Wildman–Crippen LogP) is 2.66. The molecule has 0 radical (unpaired) electrons. The van der Waals surface area contributed by atoms with Gasteiger partial charge in [0, 0.05) is 43.9 Å². The van der Waals surface area contributed by atoms with Crippen molar-refractivity contribution in [2.75, 3.05) is 31.1 Å². The number of aryl methyl sites for hydroxylation is 3. The average Bonchev–Trinajstić information content (AvgIpc) is 3.10. The third-order valence-corrected chi connectivity index (χ3v) is 6.93. The maximum absolute atomic E-state index is 13.1. The molecule has 3 amide bonds. The van der Waals surface area contributed by atoms with Crippen molar-refractivity contribution in [2.24, 2.45) is 0 Å². The lowest BCUT2D eigenvalue weighted by Gasteiger charge is -2.36. The molecule has 7 heteroatoms. The van der Waals surface area contributed by atoms with Gasteiger partial charge < -0.3 is 9.80 Å². The molecule has 1 unspecified atom stereocenters. The number of benzene rings is 1. The van der Waals surface area contributed by atoms with E-state index in [0.717, 1.165) is 35.7 Å². The van der Waals surface area contributed by atoms with Crippen LogP contribution in [0, 0.1) is 20.8 Å². The summed E-state index contributed by atoms with van der Waals surface area (Å²) in [6, 6.07) is 9.33. The van der Waals surface area contributed by atoms with Crippen LogP contribution in [0.25, 0.3) is 0 Å². The maximum Gasteiger partial charge on any atom is 0.253 e. The molecule has 1 N–H and O–H groups in total. The molecule has 32 heavy (non-hydrogen) atoms. The second kappa shape index (κ2) is 8.37. The summed E-state index contributed by atoms with van der Waals surface area (Å²) in [6.07, 6.45) is 0.690. The van der Waals surface area contributed by atoms with Gasteiger partial charge in [0.05, 0.1) is 5.41 Å². The zero-order valence-corrected chi connectivity index (χ0v) is 19.2. The number of hydrogen-bond acceptors (Lipinski definition) is 5. The Hall–Kier alpha value is -3.22. The van der Waals surface area contributed by atoms with E-state index >= 15 is 0 Å². The molecule has 0 saturated carbocycles. The van der Waals surface area contributed by atoms with Gasteiger partial charge in [-0.25, -0.2) is 4.98 Å². The van der Waals surface area contributed by atoms with Crippen LogP contribution >= 0.6 is 0 Å². The molecule has 2 aliphatic heterocycles. The number of aromatic nitrogens is 1. The molecule has 2 fully saturated rings. The Morgan fingerprint density at radius 2 is 1.69 bits per heavy atom. The van der Waals surface area contributed by atoms with E-state index in [9.17, 15) is 14.4 Å². The highest BCUT2D eigenvalue weighted by Gasteiger charge is 2.46. The second-order valence-corrected chi connectivity index (χ2v) is 8.88. The van der Waals surface area contributed by atoms with Crippen molar-refractivity contribution in [3.05, 3.63) is 58.3 Å². The Morgan fingerprint density at radius 3 is 2.25 bits per heavy atom. The highest BCUT2D eigenvalue weighted by Crippen LogP contribution is 2.35. The standard InChI is InChI=1S/C25H30N4O3/c1-5-25(15-21(30)27-24(25)32)20-8-6-19(7-9-20)23(31)29-12-10-28(11-13-29)22-17(3)14-16(2)18(4)26-22/h6-9,14H,5,10-13,15H2,1-4H3,(H,27,30,32). The summed E-state index contributed by atoms with van der Waals surface area (Å²) in [7, 11) is 0. The van der Waals surface area contributed by atoms with Gasteiger partial charge in [-0.05, 0) is 56.0 Å². The van der Waals surface area contributed by atoms with Gasteiger partial charge >= 0.3 is 0 Å². The molecule has 3 heterocycles. The molecule has 0 spiro atoms. The van der Waals surface area contributed by atoms with Gasteiger partial charge in [0.2, 0.25) is 11.8 Å². The van der Waals surface area contributed by atoms with Gasteiger partial charge in [-0.15, -0.1) is 0 Å². The number of hydrogen-bond donors (Lipinski definition) is 1. The topological polar surface area (TPSA) is 82.6 Å². The van der Waals surface area contributed by atoms with Gasteiger partial charge in [0.25, 0.3) is 5.91 Å². The number of amides is 3. The Bertz CT molecular complexity index is 1070. The molecular weight excluding hydrogens is 404 g/mol. The third-order valence-electron chi connectivity index (χ3n) is 6.93. The first-order chi connectivity index (χ1) is 15.2. The number of piperazine rings is 1. The summed E-state index contributed by atoms with van der Waals surface area (Å²) in [4.78, 5) is 46.1. The summed E-state index contributed by atoms with van der Waals surface area (Å²) in [5.41, 5.74) is 3.92. The highest BCUT2D eigenvalue weighted by molar-refractivity contribution is 6.09. The highest BCUT2D eigenvalue weighted by atomic mass is 16.2. The Morgan fingerprint density at radius 1 is 1.03 bits per heavy atom. The van der Waals surface area contributed by atoms with Crippen molar-refractivity contribution in [3.8, 4) is 0 Å². The van der Waals surface area contributed by atoms with E-state index < -0.39 is 5.41 Å². The van der Waals surface area contributed by atoms with E-state index in [0.29, 0.717) is 25.1 Å². The van der Waals surface area contributed by atoms with Crippen molar-refractivity contribution in [2.45, 2.75) is 46.0 Å². The molecule has 1 aromatic carbocycles. The van der Waals surface area contributed by atoms with Crippen LogP contribution in [0.15, 0.2) is 30.3 Å². The summed E-state index contributed by atoms with van der Waals surface area (Å²) in [6.45, 7) is 10.8. The smallest absolute Gasteiger partial charge is 0.253 e. The number of rotatable bonds is 4. The van der Waals surface area contributed by atoms with Crippen LogP contribution in [-0.4, -0.2) is 53.8 Å². The second-order valence-electron chi connectivity index (χ2n) is 8.88. The normalized spacial score (nSPS) is 21.1. The molecule has 7 nitrogen and oxygen atoms in total. The maximum atomic E-state index is 13.1. The number of imide groups is 1. The lowest BCUT2D eigenvalue weighted by atomic mass is 9.76. The number of carbonyl (C=O) groups is 3. The molecule has 2 aliphatic rings. The van der Waals surface area contributed by atoms with E-state index in [1.807, 2.05) is 30.9 Å². The largest absolute Gasteiger partial charge is 0.353 e. The van der Waals surface area contributed by atoms with Crippen molar-refractivity contribution in [3.63, 3.8) is 0 Å². The first-order valence-electron chi connectivity index (χ1n) is 11.2. The van der Waals surface area contributed by atoms with Crippen LogP contribution < -0.4 is 10.2 Å². The Balaban J connectivity index is 1.44. The minimum atomic E-state index is -0.832. The molecule has 0 bridgehead atoms. The number of carbonyl (C=O) groups excluding carboxylic acids is 3. The van der Waals surface area contributed by atoms with Gasteiger partial charge in [-0.1, -0.05) is 25.1 Å². The van der Waals surface area contributed by atoms with Crippen molar-refractivity contribution in [1.29, 1.82) is 0 Å². The third kappa shape index (κ3) is 3.76. The van der Waals surface area contributed by atoms with Crippen molar-refractivity contribution >= 4 is 23.5 Å². The molecule has 1 aromatic heterocycles. The molecule has 1 atom stereocenters. The van der Waals surface area contributed by atoms with Crippen molar-refractivity contribution in [1.82, 2.24) is 15.2 Å². The first-order valence-corrected chi connectivity index (χ1v) is 11.2. The van der Waals surface area contributed by atoms with Crippen LogP contribution in [0.1, 0.15) is 52.5 Å². The van der Waals surface area contributed by atoms with E-state index in [2.05, 4.69) is 30.1 Å². The van der Waals surface area contributed by atoms with E-state index in [1.165, 1.54) is 5.56 Å². The first kappa shape index (κ1) is 22.0. The fourth-order valence-electron chi connectivity index (χ4n) is 4.75. The summed E-state index contributed by atoms with van der Waals surface area (Å²) in [5.74, 6) is 0.482. The monoisotopic (exact) mass is 434 g/mol. The fourth-order valence-corrected chi connectivity index (χ4v) is 4.75. The quantitative estimate of drug-likeness (QED) is 0.748. The number of pyridine rings is 1. The molecular formula is C25H30N4O3. The Labute approximate surface area is 188 Å². The van der Waals surface area contributed by atoms with Crippen LogP contribution in [0.3, 0.4) is 0 Å². The fraction of sp³-hybridized carbons (Fsp3) is 0.440. The molecule has 0 aliphatic carbocycles. The van der Waals surface area contributed by atoms with E-state index in [-0.39, 0.29) is 24.1 Å². The van der Waals surface area contributed by atoms with E-state index in [1.54, 1.807) is 12.1 Å². The zero-order valence-electron chi connectivity index (χ0n) is 19.2. The van der Waals surface area contributed by atoms with E-state index in [4.69, 9.17) is 4.98 Å². The van der Waals surface area contributed by atoms with Crippen LogP contribution in [-0.2, 0) is 15.0 Å². The van der Waals surface area contributed by atoms with Crippen LogP contribution in [0.5, 0.6) is 0 Å². The van der Waals surface area contributed by atoms with Gasteiger partial charge in [-0.2, -0.15) is 0 Å². The minimum absolute atomic E-state index is 0.0153. The van der Waals surface area contributed by atoms with Crippen LogP contribution in [0.2, 0.25) is 0 Å². The Kier molecular flexibility index (Phi) is 5.75. The number of anilines is 1. The lowest BCUT2D eigenvalue weighted by molar-refractivity contribution is -0.126. The van der Waals surface area contributed by atoms with Gasteiger partial charge in [-0.3, -0.25) is 19.7 Å². The van der Waals surface area contributed by atoms with Crippen LogP contribution in [0.4, 0.5) is 5.82 Å². The molecule has 168 valence electrons. The minimum Gasteiger partial charge on any atom is -0.353 e. The predicted molar refractivity (Wildman–Crippen MR) is 123 cm³/mol. The average molecular weight is 435 g/mol. The number of nitrogens with zero attached hydrogens (tertiary/aromatic N) is 3. The van der Waals surface area contributed by atoms with Crippen molar-refractivity contribution < 1.29 is 14.4 Å².